The Balaban J connectivity index is 1.94. The molecule has 3 heterocycles. The van der Waals surface area contributed by atoms with Crippen LogP contribution in [0, 0.1) is 17.7 Å². The number of pyridine rings is 2. The Morgan fingerprint density at radius 3 is 2.77 bits per heavy atom. The molecule has 8 heteroatoms. The molecular formula is C23H25FN6O. The maximum Gasteiger partial charge on any atom is 0.151 e. The minimum atomic E-state index is -1.11. The summed E-state index contributed by atoms with van der Waals surface area (Å²) in [5.41, 5.74) is 8.13. The van der Waals surface area contributed by atoms with Gasteiger partial charge in [-0.2, -0.15) is 0 Å². The van der Waals surface area contributed by atoms with Gasteiger partial charge in [0.15, 0.2) is 5.82 Å². The van der Waals surface area contributed by atoms with Crippen molar-refractivity contribution in [2.24, 2.45) is 5.84 Å². The predicted molar refractivity (Wildman–Crippen MR) is 121 cm³/mol. The largest absolute Gasteiger partial charge is 0.382 e. The number of nitrogens with two attached hydrogens (primary N) is 2. The van der Waals surface area contributed by atoms with Crippen LogP contribution >= 0.6 is 0 Å². The number of aromatic nitrogens is 2. The molecule has 1 aromatic carbocycles. The number of nitrogen functional groups attached to an aromatic ring is 1. The van der Waals surface area contributed by atoms with Crippen molar-refractivity contribution >= 4 is 33.8 Å². The van der Waals surface area contributed by atoms with Crippen molar-refractivity contribution in [2.45, 2.75) is 32.3 Å². The lowest BCUT2D eigenvalue weighted by molar-refractivity contribution is 0.143. The van der Waals surface area contributed by atoms with Crippen molar-refractivity contribution in [3.63, 3.8) is 0 Å². The van der Waals surface area contributed by atoms with E-state index in [9.17, 15) is 5.11 Å². The van der Waals surface area contributed by atoms with Crippen LogP contribution in [0.1, 0.15) is 31.4 Å². The number of nitrogens with zero attached hydrogens (tertiary/aromatic N) is 4. The van der Waals surface area contributed by atoms with Crippen molar-refractivity contribution in [1.29, 1.82) is 0 Å². The van der Waals surface area contributed by atoms with E-state index in [1.807, 2.05) is 4.90 Å². The van der Waals surface area contributed by atoms with Crippen molar-refractivity contribution in [3.8, 4) is 11.8 Å². The van der Waals surface area contributed by atoms with E-state index in [0.717, 1.165) is 29.7 Å². The highest BCUT2D eigenvalue weighted by atomic mass is 19.1. The maximum absolute atomic E-state index is 15.1. The number of rotatable bonds is 2. The van der Waals surface area contributed by atoms with Gasteiger partial charge in [-0.15, -0.1) is 0 Å². The summed E-state index contributed by atoms with van der Waals surface area (Å²) in [6.45, 7) is 3.89. The van der Waals surface area contributed by atoms with Crippen LogP contribution in [0.2, 0.25) is 0 Å². The van der Waals surface area contributed by atoms with Gasteiger partial charge in [-0.25, -0.2) is 15.2 Å². The molecule has 0 fully saturated rings. The molecule has 4 rings (SSSR count). The molecule has 0 atom stereocenters. The number of halogens is 1. The third-order valence-corrected chi connectivity index (χ3v) is 5.21. The molecule has 0 radical (unpaired) electrons. The van der Waals surface area contributed by atoms with E-state index in [1.54, 1.807) is 45.4 Å². The molecule has 7 nitrogen and oxygen atoms in total. The summed E-state index contributed by atoms with van der Waals surface area (Å²) in [5.74, 6) is 12.1. The van der Waals surface area contributed by atoms with Crippen molar-refractivity contribution in [1.82, 2.24) is 9.97 Å². The lowest BCUT2D eigenvalue weighted by Gasteiger charge is -2.32. The topological polar surface area (TPSA) is 105 Å². The van der Waals surface area contributed by atoms with Gasteiger partial charge in [0.1, 0.15) is 22.9 Å². The van der Waals surface area contributed by atoms with Crippen molar-refractivity contribution < 1.29 is 9.50 Å². The van der Waals surface area contributed by atoms with Gasteiger partial charge in [0.2, 0.25) is 0 Å². The smallest absolute Gasteiger partial charge is 0.151 e. The number of fused-ring (bicyclic) bond motifs is 2. The molecule has 0 aliphatic carbocycles. The van der Waals surface area contributed by atoms with E-state index >= 15 is 4.39 Å². The number of aliphatic hydroxyl groups is 1. The van der Waals surface area contributed by atoms with Crippen LogP contribution < -0.4 is 21.5 Å². The molecule has 0 saturated heterocycles. The minimum absolute atomic E-state index is 0.219. The van der Waals surface area contributed by atoms with Crippen LogP contribution in [0.25, 0.3) is 10.8 Å². The number of hydrogen-bond donors (Lipinski definition) is 3. The monoisotopic (exact) mass is 420 g/mol. The second-order valence-corrected chi connectivity index (χ2v) is 8.19. The average molecular weight is 420 g/mol. The SMILES string of the molecule is CN(N)c1c(N)nc(N2CCCc3c(C#CC(C)(C)O)cncc32)c2c(F)cccc12. The molecule has 5 N–H and O–H groups in total. The van der Waals surface area contributed by atoms with Crippen LogP contribution in [0.15, 0.2) is 30.6 Å². The normalized spacial score (nSPS) is 13.5. The summed E-state index contributed by atoms with van der Waals surface area (Å²) in [6, 6.07) is 4.81. The zero-order chi connectivity index (χ0) is 22.3. The second kappa shape index (κ2) is 7.69. The van der Waals surface area contributed by atoms with E-state index in [1.165, 1.54) is 11.1 Å². The molecule has 0 amide bonds. The molecule has 2 aromatic heterocycles. The summed E-state index contributed by atoms with van der Waals surface area (Å²) in [7, 11) is 1.64. The van der Waals surface area contributed by atoms with Gasteiger partial charge in [-0.1, -0.05) is 24.0 Å². The average Bonchev–Trinajstić information content (AvgIpc) is 2.70. The highest BCUT2D eigenvalue weighted by Gasteiger charge is 2.26. The summed E-state index contributed by atoms with van der Waals surface area (Å²) in [5, 5.41) is 12.3. The van der Waals surface area contributed by atoms with E-state index in [2.05, 4.69) is 21.8 Å². The molecule has 0 saturated carbocycles. The van der Waals surface area contributed by atoms with E-state index in [-0.39, 0.29) is 5.82 Å². The summed E-state index contributed by atoms with van der Waals surface area (Å²) in [4.78, 5) is 10.8. The fourth-order valence-corrected chi connectivity index (χ4v) is 3.93. The van der Waals surface area contributed by atoms with Gasteiger partial charge >= 0.3 is 0 Å². The minimum Gasteiger partial charge on any atom is -0.382 e. The first-order chi connectivity index (χ1) is 14.7. The van der Waals surface area contributed by atoms with E-state index < -0.39 is 11.4 Å². The highest BCUT2D eigenvalue weighted by molar-refractivity contribution is 6.05. The van der Waals surface area contributed by atoms with Crippen LogP contribution in [-0.4, -0.2) is 34.3 Å². The number of hydrogen-bond acceptors (Lipinski definition) is 7. The Kier molecular flexibility index (Phi) is 5.17. The Morgan fingerprint density at radius 2 is 2.06 bits per heavy atom. The Hall–Kier alpha value is -3.41. The predicted octanol–water partition coefficient (Wildman–Crippen LogP) is 2.87. The first kappa shape index (κ1) is 20.8. The lowest BCUT2D eigenvalue weighted by atomic mass is 9.97. The fraction of sp³-hybridized carbons (Fsp3) is 0.304. The van der Waals surface area contributed by atoms with Gasteiger partial charge in [-0.05, 0) is 38.3 Å². The quantitative estimate of drug-likeness (QED) is 0.333. The van der Waals surface area contributed by atoms with Crippen LogP contribution in [0.5, 0.6) is 0 Å². The zero-order valence-corrected chi connectivity index (χ0v) is 17.8. The van der Waals surface area contributed by atoms with Gasteiger partial charge in [0.05, 0.1) is 17.3 Å². The van der Waals surface area contributed by atoms with E-state index in [0.29, 0.717) is 28.8 Å². The lowest BCUT2D eigenvalue weighted by Crippen LogP contribution is -2.29. The summed E-state index contributed by atoms with van der Waals surface area (Å²) < 4.78 is 15.1. The zero-order valence-electron chi connectivity index (χ0n) is 17.8. The molecule has 3 aromatic rings. The molecule has 1 aliphatic rings. The van der Waals surface area contributed by atoms with Gasteiger partial charge in [-0.3, -0.25) is 4.98 Å². The Morgan fingerprint density at radius 1 is 1.29 bits per heavy atom. The summed E-state index contributed by atoms with van der Waals surface area (Å²) in [6.07, 6.45) is 5.04. The second-order valence-electron chi connectivity index (χ2n) is 8.19. The van der Waals surface area contributed by atoms with Crippen LogP contribution in [0.3, 0.4) is 0 Å². The van der Waals surface area contributed by atoms with Gasteiger partial charge in [0, 0.05) is 30.7 Å². The Bertz CT molecular complexity index is 1220. The van der Waals surface area contributed by atoms with Crippen molar-refractivity contribution in [2.75, 3.05) is 29.2 Å². The number of benzene rings is 1. The van der Waals surface area contributed by atoms with Gasteiger partial charge in [0.25, 0.3) is 0 Å². The molecule has 160 valence electrons. The first-order valence-corrected chi connectivity index (χ1v) is 10.0. The van der Waals surface area contributed by atoms with Crippen LogP contribution in [-0.2, 0) is 6.42 Å². The molecule has 0 bridgehead atoms. The Labute approximate surface area is 180 Å². The third-order valence-electron chi connectivity index (χ3n) is 5.21. The third kappa shape index (κ3) is 3.85. The molecule has 31 heavy (non-hydrogen) atoms. The number of anilines is 4. The summed E-state index contributed by atoms with van der Waals surface area (Å²) >= 11 is 0. The molecule has 0 unspecified atom stereocenters. The molecule has 1 aliphatic heterocycles. The van der Waals surface area contributed by atoms with Crippen molar-refractivity contribution in [3.05, 3.63) is 47.5 Å². The maximum atomic E-state index is 15.1. The van der Waals surface area contributed by atoms with Crippen LogP contribution in [0.4, 0.5) is 27.4 Å². The standard InChI is InChI=1S/C23H25FN6O/c1-23(2,31)10-9-14-12-27-13-18-15(14)7-5-11-30(18)22-19-16(6-4-8-17(19)24)20(29(3)26)21(25)28-22/h4,6,8,12-13,31H,5,7,11,26H2,1-3H3,(H2,25,28). The molecule has 0 spiro atoms. The first-order valence-electron chi connectivity index (χ1n) is 10.0. The molecular weight excluding hydrogens is 395 g/mol. The number of hydrazine groups is 1. The van der Waals surface area contributed by atoms with E-state index in [4.69, 9.17) is 11.6 Å². The van der Waals surface area contributed by atoms with Gasteiger partial charge < -0.3 is 20.7 Å². The highest BCUT2D eigenvalue weighted by Crippen LogP contribution is 2.41. The fourth-order valence-electron chi connectivity index (χ4n) is 3.93.